The van der Waals surface area contributed by atoms with Crippen LogP contribution in [0.5, 0.6) is 0 Å². The van der Waals surface area contributed by atoms with Crippen LogP contribution in [0.15, 0.2) is 59.8 Å². The number of hydrogen-bond acceptors (Lipinski definition) is 5. The van der Waals surface area contributed by atoms with Crippen LogP contribution in [0.3, 0.4) is 0 Å². The zero-order chi connectivity index (χ0) is 23.9. The SMILES string of the molecule is Cc1cccc(C(=O)NCc2nnc(SCC(=O)N[C@@H]3CCCC[C@H]3C)n2-c2ccccc2)c1. The molecular weight excluding hydrogens is 446 g/mol. The normalized spacial score (nSPS) is 17.8. The second-order valence-electron chi connectivity index (χ2n) is 8.85. The second-order valence-corrected chi connectivity index (χ2v) is 9.79. The highest BCUT2D eigenvalue weighted by atomic mass is 32.2. The number of aromatic nitrogens is 3. The fraction of sp³-hybridized carbons (Fsp3) is 0.385. The van der Waals surface area contributed by atoms with Crippen LogP contribution in [0.25, 0.3) is 5.69 Å². The van der Waals surface area contributed by atoms with Gasteiger partial charge < -0.3 is 10.6 Å². The predicted molar refractivity (Wildman–Crippen MR) is 134 cm³/mol. The molecule has 2 atom stereocenters. The van der Waals surface area contributed by atoms with Crippen molar-refractivity contribution in [1.82, 2.24) is 25.4 Å². The standard InChI is InChI=1S/C26H31N5O2S/c1-18-9-8-11-20(15-18)25(33)27-16-23-29-30-26(31(23)21-12-4-3-5-13-21)34-17-24(32)28-22-14-7-6-10-19(22)2/h3-5,8-9,11-13,15,19,22H,6-7,10,14,16-17H2,1-2H3,(H,27,33)(H,28,32)/t19-,22-/m1/s1. The van der Waals surface area contributed by atoms with Gasteiger partial charge in [-0.05, 0) is 49.9 Å². The first kappa shape index (κ1) is 24.0. The largest absolute Gasteiger partial charge is 0.352 e. The van der Waals surface area contributed by atoms with Gasteiger partial charge in [-0.15, -0.1) is 10.2 Å². The molecule has 0 aliphatic heterocycles. The van der Waals surface area contributed by atoms with Crippen molar-refractivity contribution >= 4 is 23.6 Å². The predicted octanol–water partition coefficient (Wildman–Crippen LogP) is 4.29. The van der Waals surface area contributed by atoms with Gasteiger partial charge in [0.25, 0.3) is 5.91 Å². The number of para-hydroxylation sites is 1. The summed E-state index contributed by atoms with van der Waals surface area (Å²) < 4.78 is 1.90. The Morgan fingerprint density at radius 3 is 2.62 bits per heavy atom. The van der Waals surface area contributed by atoms with Crippen molar-refractivity contribution in [3.05, 3.63) is 71.5 Å². The number of carbonyl (C=O) groups excluding carboxylic acids is 2. The van der Waals surface area contributed by atoms with Gasteiger partial charge in [-0.1, -0.05) is 67.4 Å². The summed E-state index contributed by atoms with van der Waals surface area (Å²) in [7, 11) is 0. The van der Waals surface area contributed by atoms with Gasteiger partial charge in [0.05, 0.1) is 12.3 Å². The summed E-state index contributed by atoms with van der Waals surface area (Å²) in [6.45, 7) is 4.39. The summed E-state index contributed by atoms with van der Waals surface area (Å²) >= 11 is 1.36. The van der Waals surface area contributed by atoms with Crippen LogP contribution in [0, 0.1) is 12.8 Å². The maximum atomic E-state index is 12.6. The van der Waals surface area contributed by atoms with Crippen molar-refractivity contribution in [2.24, 2.45) is 5.92 Å². The molecule has 4 rings (SSSR count). The minimum atomic E-state index is -0.165. The lowest BCUT2D eigenvalue weighted by molar-refractivity contribution is -0.119. The van der Waals surface area contributed by atoms with Crippen LogP contribution in [-0.4, -0.2) is 38.4 Å². The zero-order valence-electron chi connectivity index (χ0n) is 19.7. The van der Waals surface area contributed by atoms with E-state index in [1.165, 1.54) is 24.6 Å². The van der Waals surface area contributed by atoms with Crippen LogP contribution >= 0.6 is 11.8 Å². The first-order valence-corrected chi connectivity index (χ1v) is 12.8. The van der Waals surface area contributed by atoms with Gasteiger partial charge in [0.1, 0.15) is 0 Å². The first-order chi connectivity index (χ1) is 16.5. The summed E-state index contributed by atoms with van der Waals surface area (Å²) in [6.07, 6.45) is 4.62. The van der Waals surface area contributed by atoms with Crippen molar-refractivity contribution in [2.75, 3.05) is 5.75 Å². The number of benzene rings is 2. The van der Waals surface area contributed by atoms with Crippen LogP contribution in [0.1, 0.15) is 54.4 Å². The minimum absolute atomic E-state index is 0.0145. The van der Waals surface area contributed by atoms with E-state index in [0.717, 1.165) is 24.1 Å². The lowest BCUT2D eigenvalue weighted by Gasteiger charge is -2.29. The number of amides is 2. The Labute approximate surface area is 204 Å². The average molecular weight is 478 g/mol. The molecule has 0 unspecified atom stereocenters. The Morgan fingerprint density at radius 2 is 1.85 bits per heavy atom. The Morgan fingerprint density at radius 1 is 1.06 bits per heavy atom. The summed E-state index contributed by atoms with van der Waals surface area (Å²) in [5, 5.41) is 15.4. The molecule has 2 N–H and O–H groups in total. The molecule has 1 fully saturated rings. The number of nitrogens with one attached hydrogen (secondary N) is 2. The number of hydrogen-bond donors (Lipinski definition) is 2. The topological polar surface area (TPSA) is 88.9 Å². The van der Waals surface area contributed by atoms with Crippen molar-refractivity contribution in [1.29, 1.82) is 0 Å². The molecule has 1 aliphatic carbocycles. The highest BCUT2D eigenvalue weighted by molar-refractivity contribution is 7.99. The van der Waals surface area contributed by atoms with Crippen LogP contribution in [-0.2, 0) is 11.3 Å². The highest BCUT2D eigenvalue weighted by Gasteiger charge is 2.23. The van der Waals surface area contributed by atoms with Crippen molar-refractivity contribution in [3.63, 3.8) is 0 Å². The number of nitrogens with zero attached hydrogens (tertiary/aromatic N) is 3. The van der Waals surface area contributed by atoms with Gasteiger partial charge in [-0.2, -0.15) is 0 Å². The summed E-state index contributed by atoms with van der Waals surface area (Å²) in [4.78, 5) is 25.3. The first-order valence-electron chi connectivity index (χ1n) is 11.8. The van der Waals surface area contributed by atoms with E-state index in [1.54, 1.807) is 6.07 Å². The molecule has 1 aliphatic rings. The molecule has 1 saturated carbocycles. The van der Waals surface area contributed by atoms with E-state index in [2.05, 4.69) is 27.8 Å². The van der Waals surface area contributed by atoms with E-state index >= 15 is 0 Å². The molecule has 0 bridgehead atoms. The second kappa shape index (κ2) is 11.3. The average Bonchev–Trinajstić information content (AvgIpc) is 3.26. The van der Waals surface area contributed by atoms with Gasteiger partial charge in [0, 0.05) is 17.3 Å². The molecule has 2 aromatic carbocycles. The maximum absolute atomic E-state index is 12.6. The lowest BCUT2D eigenvalue weighted by Crippen LogP contribution is -2.41. The number of rotatable bonds is 8. The third-order valence-corrected chi connectivity index (χ3v) is 7.12. The van der Waals surface area contributed by atoms with Gasteiger partial charge in [-0.25, -0.2) is 0 Å². The molecule has 0 spiro atoms. The molecule has 3 aromatic rings. The molecule has 7 nitrogen and oxygen atoms in total. The number of aryl methyl sites for hydroxylation is 1. The molecule has 2 amide bonds. The Kier molecular flexibility index (Phi) is 8.00. The molecule has 34 heavy (non-hydrogen) atoms. The fourth-order valence-corrected chi connectivity index (χ4v) is 5.08. The van der Waals surface area contributed by atoms with E-state index in [9.17, 15) is 9.59 Å². The van der Waals surface area contributed by atoms with Gasteiger partial charge in [-0.3, -0.25) is 14.2 Å². The third-order valence-electron chi connectivity index (χ3n) is 6.19. The summed E-state index contributed by atoms with van der Waals surface area (Å²) in [5.74, 6) is 1.24. The lowest BCUT2D eigenvalue weighted by atomic mass is 9.86. The third kappa shape index (κ3) is 6.05. The van der Waals surface area contributed by atoms with E-state index in [1.807, 2.05) is 60.0 Å². The van der Waals surface area contributed by atoms with Gasteiger partial charge in [0.15, 0.2) is 11.0 Å². The summed E-state index contributed by atoms with van der Waals surface area (Å²) in [6, 6.07) is 17.5. The molecule has 178 valence electrons. The van der Waals surface area contributed by atoms with E-state index in [4.69, 9.17) is 0 Å². The minimum Gasteiger partial charge on any atom is -0.352 e. The zero-order valence-corrected chi connectivity index (χ0v) is 20.5. The van der Waals surface area contributed by atoms with Gasteiger partial charge in [0.2, 0.25) is 5.91 Å². The molecular formula is C26H31N5O2S. The quantitative estimate of drug-likeness (QED) is 0.473. The van der Waals surface area contributed by atoms with E-state index in [0.29, 0.717) is 22.5 Å². The van der Waals surface area contributed by atoms with Gasteiger partial charge >= 0.3 is 0 Å². The summed E-state index contributed by atoms with van der Waals surface area (Å²) in [5.41, 5.74) is 2.52. The smallest absolute Gasteiger partial charge is 0.251 e. The molecule has 0 radical (unpaired) electrons. The van der Waals surface area contributed by atoms with E-state index < -0.39 is 0 Å². The molecule has 0 saturated heterocycles. The monoisotopic (exact) mass is 477 g/mol. The van der Waals surface area contributed by atoms with Crippen molar-refractivity contribution < 1.29 is 9.59 Å². The molecule has 8 heteroatoms. The maximum Gasteiger partial charge on any atom is 0.251 e. The van der Waals surface area contributed by atoms with E-state index in [-0.39, 0.29) is 30.2 Å². The van der Waals surface area contributed by atoms with Crippen LogP contribution < -0.4 is 10.6 Å². The number of carbonyl (C=O) groups is 2. The van der Waals surface area contributed by atoms with Crippen molar-refractivity contribution in [3.8, 4) is 5.69 Å². The van der Waals surface area contributed by atoms with Crippen LogP contribution in [0.4, 0.5) is 0 Å². The highest BCUT2D eigenvalue weighted by Crippen LogP contribution is 2.25. The molecule has 1 aromatic heterocycles. The van der Waals surface area contributed by atoms with Crippen molar-refractivity contribution in [2.45, 2.75) is 57.3 Å². The molecule has 1 heterocycles. The number of thioether (sulfide) groups is 1. The Bertz CT molecular complexity index is 1130. The Balaban J connectivity index is 1.45. The fourth-order valence-electron chi connectivity index (χ4n) is 4.30. The Hall–Kier alpha value is -3.13. The van der Waals surface area contributed by atoms with Crippen LogP contribution in [0.2, 0.25) is 0 Å².